The molecule has 9 nitrogen and oxygen atoms in total. The van der Waals surface area contributed by atoms with Gasteiger partial charge >= 0.3 is 6.01 Å². The van der Waals surface area contributed by atoms with Crippen molar-refractivity contribution in [2.75, 3.05) is 25.0 Å². The van der Waals surface area contributed by atoms with Crippen LogP contribution in [0.5, 0.6) is 0 Å². The van der Waals surface area contributed by atoms with E-state index in [9.17, 15) is 4.39 Å². The van der Waals surface area contributed by atoms with Crippen molar-refractivity contribution in [3.63, 3.8) is 0 Å². The monoisotopic (exact) mass is 338 g/mol. The van der Waals surface area contributed by atoms with Gasteiger partial charge in [0.15, 0.2) is 5.82 Å². The van der Waals surface area contributed by atoms with Crippen LogP contribution < -0.4 is 4.90 Å². The molecule has 1 aliphatic rings. The first-order valence-electron chi connectivity index (χ1n) is 8.10. The van der Waals surface area contributed by atoms with E-state index >= 15 is 0 Å². The Labute approximate surface area is 139 Å². The number of aryl methyl sites for hydroxylation is 1. The van der Waals surface area contributed by atoms with E-state index in [1.165, 1.54) is 0 Å². The molecule has 2 atom stereocenters. The Hall–Kier alpha value is -2.10. The van der Waals surface area contributed by atoms with Crippen molar-refractivity contribution in [3.8, 4) is 0 Å². The van der Waals surface area contributed by atoms with E-state index in [4.69, 9.17) is 4.42 Å². The molecule has 2 aromatic heterocycles. The Bertz CT molecular complexity index is 671. The molecule has 24 heavy (non-hydrogen) atoms. The van der Waals surface area contributed by atoms with E-state index in [2.05, 4.69) is 30.6 Å². The van der Waals surface area contributed by atoms with Crippen LogP contribution in [-0.4, -0.2) is 67.7 Å². The fraction of sp³-hybridized carbons (Fsp3) is 0.786. The van der Waals surface area contributed by atoms with Gasteiger partial charge in [-0.3, -0.25) is 4.90 Å². The zero-order valence-electron chi connectivity index (χ0n) is 14.4. The average molecular weight is 338 g/mol. The summed E-state index contributed by atoms with van der Waals surface area (Å²) < 4.78 is 21.2. The Kier molecular flexibility index (Phi) is 4.74. The fourth-order valence-electron chi connectivity index (χ4n) is 3.05. The highest BCUT2D eigenvalue weighted by Gasteiger charge is 2.35. The van der Waals surface area contributed by atoms with Gasteiger partial charge in [0, 0.05) is 25.9 Å². The average Bonchev–Trinajstić information content (AvgIpc) is 3.19. The second-order valence-corrected chi connectivity index (χ2v) is 6.57. The van der Waals surface area contributed by atoms with E-state index in [0.717, 1.165) is 5.82 Å². The molecule has 0 aliphatic carbocycles. The van der Waals surface area contributed by atoms with Crippen LogP contribution in [0.3, 0.4) is 0 Å². The zero-order valence-corrected chi connectivity index (χ0v) is 14.4. The molecule has 3 heterocycles. The highest BCUT2D eigenvalue weighted by atomic mass is 19.1. The number of alkyl halides is 1. The minimum Gasteiger partial charge on any atom is -0.408 e. The van der Waals surface area contributed by atoms with E-state index in [-0.39, 0.29) is 18.6 Å². The van der Waals surface area contributed by atoms with Gasteiger partial charge in [0.05, 0.1) is 19.1 Å². The number of hydrogen-bond acceptors (Lipinski definition) is 8. The van der Waals surface area contributed by atoms with Crippen molar-refractivity contribution in [2.24, 2.45) is 0 Å². The summed E-state index contributed by atoms with van der Waals surface area (Å²) in [6, 6.07) is 0.564. The van der Waals surface area contributed by atoms with Crippen LogP contribution in [-0.2, 0) is 6.54 Å². The molecule has 2 aromatic rings. The lowest BCUT2D eigenvalue weighted by Gasteiger charge is -2.26. The largest absolute Gasteiger partial charge is 0.408 e. The molecule has 0 bridgehead atoms. The molecule has 0 spiro atoms. The molecule has 0 aromatic carbocycles. The van der Waals surface area contributed by atoms with Gasteiger partial charge in [-0.2, -0.15) is 0 Å². The summed E-state index contributed by atoms with van der Waals surface area (Å²) in [4.78, 5) is 3.94. The van der Waals surface area contributed by atoms with Crippen LogP contribution in [0.2, 0.25) is 0 Å². The summed E-state index contributed by atoms with van der Waals surface area (Å²) in [5.74, 6) is 1.28. The lowest BCUT2D eigenvalue weighted by molar-refractivity contribution is 0.275. The van der Waals surface area contributed by atoms with Gasteiger partial charge in [-0.1, -0.05) is 5.10 Å². The number of anilines is 1. The molecule has 0 unspecified atom stereocenters. The molecule has 0 amide bonds. The van der Waals surface area contributed by atoms with Crippen LogP contribution in [0.4, 0.5) is 10.4 Å². The number of hydrogen-bond donors (Lipinski definition) is 0. The first-order valence-corrected chi connectivity index (χ1v) is 8.10. The first-order chi connectivity index (χ1) is 11.4. The summed E-state index contributed by atoms with van der Waals surface area (Å²) in [6.45, 7) is 7.33. The van der Waals surface area contributed by atoms with Crippen molar-refractivity contribution >= 4 is 6.01 Å². The molecule has 10 heteroatoms. The minimum absolute atomic E-state index is 0.0202. The molecule has 0 saturated carbocycles. The lowest BCUT2D eigenvalue weighted by atomic mass is 10.2. The van der Waals surface area contributed by atoms with Crippen LogP contribution in [0, 0.1) is 6.92 Å². The Morgan fingerprint density at radius 1 is 1.33 bits per heavy atom. The van der Waals surface area contributed by atoms with E-state index in [0.29, 0.717) is 31.4 Å². The molecular formula is C14H23FN8O. The number of halogens is 1. The van der Waals surface area contributed by atoms with Gasteiger partial charge < -0.3 is 9.32 Å². The summed E-state index contributed by atoms with van der Waals surface area (Å²) in [5, 5.41) is 19.7. The number of aromatic nitrogens is 6. The predicted octanol–water partition coefficient (Wildman–Crippen LogP) is 0.994. The smallest absolute Gasteiger partial charge is 0.318 e. The normalized spacial score (nSPS) is 21.4. The van der Waals surface area contributed by atoms with Crippen LogP contribution in [0.1, 0.15) is 38.0 Å². The van der Waals surface area contributed by atoms with Crippen LogP contribution in [0.25, 0.3) is 0 Å². The highest BCUT2D eigenvalue weighted by Crippen LogP contribution is 2.27. The second kappa shape index (κ2) is 6.80. The van der Waals surface area contributed by atoms with Gasteiger partial charge in [-0.05, 0) is 31.3 Å². The quantitative estimate of drug-likeness (QED) is 0.770. The number of tetrazole rings is 1. The summed E-state index contributed by atoms with van der Waals surface area (Å²) in [6.07, 6.45) is -0.447. The van der Waals surface area contributed by atoms with Gasteiger partial charge in [-0.15, -0.1) is 10.2 Å². The van der Waals surface area contributed by atoms with Crippen molar-refractivity contribution in [1.82, 2.24) is 35.3 Å². The lowest BCUT2D eigenvalue weighted by Crippen LogP contribution is -2.39. The highest BCUT2D eigenvalue weighted by molar-refractivity contribution is 5.30. The van der Waals surface area contributed by atoms with Crippen molar-refractivity contribution in [3.05, 3.63) is 11.7 Å². The summed E-state index contributed by atoms with van der Waals surface area (Å²) in [7, 11) is 1.97. The SMILES string of the molecule is Cc1nnc(N2C[C@@H](F)C[C@H]2CN(C)Cc2nnnn2C(C)C)o1. The van der Waals surface area contributed by atoms with Gasteiger partial charge in [0.25, 0.3) is 0 Å². The van der Waals surface area contributed by atoms with Crippen LogP contribution >= 0.6 is 0 Å². The molecule has 0 radical (unpaired) electrons. The Morgan fingerprint density at radius 2 is 2.12 bits per heavy atom. The maximum atomic E-state index is 13.9. The Morgan fingerprint density at radius 3 is 2.79 bits per heavy atom. The number of likely N-dealkylation sites (N-methyl/N-ethyl adjacent to an activating group) is 1. The van der Waals surface area contributed by atoms with Crippen LogP contribution in [0.15, 0.2) is 4.42 Å². The molecule has 0 N–H and O–H groups in total. The third-order valence-corrected chi connectivity index (χ3v) is 4.11. The number of nitrogens with zero attached hydrogens (tertiary/aromatic N) is 8. The molecule has 3 rings (SSSR count). The third kappa shape index (κ3) is 3.53. The minimum atomic E-state index is -0.892. The van der Waals surface area contributed by atoms with E-state index < -0.39 is 6.17 Å². The molecule has 1 aliphatic heterocycles. The van der Waals surface area contributed by atoms with Gasteiger partial charge in [0.1, 0.15) is 6.17 Å². The third-order valence-electron chi connectivity index (χ3n) is 4.11. The predicted molar refractivity (Wildman–Crippen MR) is 84.2 cm³/mol. The second-order valence-electron chi connectivity index (χ2n) is 6.57. The Balaban J connectivity index is 1.66. The summed E-state index contributed by atoms with van der Waals surface area (Å²) >= 11 is 0. The van der Waals surface area contributed by atoms with E-state index in [1.807, 2.05) is 25.8 Å². The van der Waals surface area contributed by atoms with Gasteiger partial charge in [-0.25, -0.2) is 9.07 Å². The summed E-state index contributed by atoms with van der Waals surface area (Å²) in [5.41, 5.74) is 0. The molecule has 1 fully saturated rings. The van der Waals surface area contributed by atoms with Crippen molar-refractivity contribution < 1.29 is 8.81 Å². The standard InChI is InChI=1S/C14H23FN8O/c1-9(2)23-13(17-19-20-23)8-21(4)7-12-5-11(15)6-22(12)14-18-16-10(3)24-14/h9,11-12H,5-8H2,1-4H3/t11-,12-/m0/s1. The molecular weight excluding hydrogens is 315 g/mol. The molecule has 1 saturated heterocycles. The number of rotatable bonds is 6. The van der Waals surface area contributed by atoms with Gasteiger partial charge in [0.2, 0.25) is 5.89 Å². The van der Waals surface area contributed by atoms with Crippen molar-refractivity contribution in [1.29, 1.82) is 0 Å². The zero-order chi connectivity index (χ0) is 17.3. The maximum Gasteiger partial charge on any atom is 0.318 e. The van der Waals surface area contributed by atoms with E-state index in [1.54, 1.807) is 11.6 Å². The maximum absolute atomic E-state index is 13.9. The van der Waals surface area contributed by atoms with Crippen molar-refractivity contribution in [2.45, 2.75) is 52.0 Å². The first kappa shape index (κ1) is 16.7. The topological polar surface area (TPSA) is 89.0 Å². The molecule has 132 valence electrons. The fourth-order valence-corrected chi connectivity index (χ4v) is 3.05.